The largest absolute Gasteiger partial charge is 0.0979 e. The molecule has 0 saturated carbocycles. The van der Waals surface area contributed by atoms with Gasteiger partial charge in [-0.15, -0.1) is 0 Å². The van der Waals surface area contributed by atoms with E-state index in [0.717, 1.165) is 23.7 Å². The summed E-state index contributed by atoms with van der Waals surface area (Å²) in [4.78, 5) is 0. The molecule has 0 aliphatic rings. The highest BCUT2D eigenvalue weighted by atomic mass is 79.9. The van der Waals surface area contributed by atoms with Crippen molar-refractivity contribution >= 4 is 15.9 Å². The van der Waals surface area contributed by atoms with Crippen molar-refractivity contribution in [1.29, 1.82) is 0 Å². The molecule has 0 aliphatic heterocycles. The van der Waals surface area contributed by atoms with E-state index < -0.39 is 0 Å². The summed E-state index contributed by atoms with van der Waals surface area (Å²) in [5.41, 5.74) is 2.39. The van der Waals surface area contributed by atoms with Crippen LogP contribution in [-0.2, 0) is 0 Å². The van der Waals surface area contributed by atoms with Crippen molar-refractivity contribution in [3.05, 3.63) is 35.4 Å². The zero-order valence-electron chi connectivity index (χ0n) is 7.81. The molecule has 1 heteroatoms. The van der Waals surface area contributed by atoms with Crippen LogP contribution < -0.4 is 0 Å². The van der Waals surface area contributed by atoms with Gasteiger partial charge >= 0.3 is 0 Å². The molecule has 13 heavy (non-hydrogen) atoms. The van der Waals surface area contributed by atoms with Crippen molar-refractivity contribution in [2.24, 2.45) is 0 Å². The summed E-state index contributed by atoms with van der Waals surface area (Å²) < 4.78 is 0. The number of alkyl halides is 1. The normalized spacial score (nSPS) is 9.08. The van der Waals surface area contributed by atoms with Crippen LogP contribution in [-0.4, -0.2) is 5.33 Å². The first-order valence-electron chi connectivity index (χ1n) is 4.44. The van der Waals surface area contributed by atoms with E-state index in [1.807, 2.05) is 0 Å². The van der Waals surface area contributed by atoms with Gasteiger partial charge in [-0.1, -0.05) is 45.5 Å². The molecule has 0 nitrogen and oxygen atoms in total. The molecule has 68 valence electrons. The Labute approximate surface area is 88.5 Å². The molecule has 0 heterocycles. The summed E-state index contributed by atoms with van der Waals surface area (Å²) >= 11 is 3.38. The fraction of sp³-hybridized carbons (Fsp3) is 0.333. The molecule has 0 aliphatic carbocycles. The molecule has 0 aromatic heterocycles. The van der Waals surface area contributed by atoms with E-state index in [0.29, 0.717) is 0 Å². The predicted molar refractivity (Wildman–Crippen MR) is 61.1 cm³/mol. The monoisotopic (exact) mass is 236 g/mol. The predicted octanol–water partition coefficient (Wildman–Crippen LogP) is 3.52. The fourth-order valence-corrected chi connectivity index (χ4v) is 1.24. The first-order valence-corrected chi connectivity index (χ1v) is 5.56. The van der Waals surface area contributed by atoms with Gasteiger partial charge in [0, 0.05) is 17.3 Å². The Bertz CT molecular complexity index is 300. The lowest BCUT2D eigenvalue weighted by Crippen LogP contribution is -1.76. The Morgan fingerprint density at radius 2 is 1.92 bits per heavy atom. The van der Waals surface area contributed by atoms with Gasteiger partial charge in [-0.25, -0.2) is 0 Å². The van der Waals surface area contributed by atoms with Crippen LogP contribution >= 0.6 is 15.9 Å². The Morgan fingerprint density at radius 3 is 2.54 bits per heavy atom. The van der Waals surface area contributed by atoms with E-state index in [4.69, 9.17) is 0 Å². The van der Waals surface area contributed by atoms with Crippen molar-refractivity contribution in [3.8, 4) is 11.8 Å². The second kappa shape index (κ2) is 5.83. The Balaban J connectivity index is 2.52. The zero-order chi connectivity index (χ0) is 9.52. The van der Waals surface area contributed by atoms with Gasteiger partial charge < -0.3 is 0 Å². The topological polar surface area (TPSA) is 0 Å². The lowest BCUT2D eigenvalue weighted by Gasteiger charge is -1.91. The molecule has 0 saturated heterocycles. The van der Waals surface area contributed by atoms with Crippen LogP contribution in [0.15, 0.2) is 24.3 Å². The van der Waals surface area contributed by atoms with Crippen LogP contribution in [0.25, 0.3) is 0 Å². The van der Waals surface area contributed by atoms with Gasteiger partial charge in [-0.3, -0.25) is 0 Å². The molecule has 0 bridgehead atoms. The molecule has 0 atom stereocenters. The number of hydrogen-bond donors (Lipinski definition) is 0. The van der Waals surface area contributed by atoms with E-state index in [1.165, 1.54) is 5.56 Å². The van der Waals surface area contributed by atoms with E-state index in [1.54, 1.807) is 0 Å². The van der Waals surface area contributed by atoms with Gasteiger partial charge in [0.2, 0.25) is 0 Å². The third kappa shape index (κ3) is 4.15. The van der Waals surface area contributed by atoms with Crippen molar-refractivity contribution in [2.45, 2.75) is 19.8 Å². The lowest BCUT2D eigenvalue weighted by atomic mass is 10.1. The Kier molecular flexibility index (Phi) is 4.64. The van der Waals surface area contributed by atoms with Crippen LogP contribution in [0.2, 0.25) is 0 Å². The summed E-state index contributed by atoms with van der Waals surface area (Å²) in [6.45, 7) is 2.09. The van der Waals surface area contributed by atoms with Crippen molar-refractivity contribution in [2.75, 3.05) is 5.33 Å². The Hall–Kier alpha value is -0.740. The number of halogens is 1. The van der Waals surface area contributed by atoms with E-state index in [-0.39, 0.29) is 0 Å². The minimum atomic E-state index is 0.971. The van der Waals surface area contributed by atoms with Gasteiger partial charge in [-0.2, -0.15) is 0 Å². The number of unbranched alkanes of at least 4 members (excludes halogenated alkanes) is 1. The second-order valence-electron chi connectivity index (χ2n) is 2.96. The van der Waals surface area contributed by atoms with Crippen LogP contribution in [0, 0.1) is 18.8 Å². The summed E-state index contributed by atoms with van der Waals surface area (Å²) in [5, 5.41) is 1.04. The fourth-order valence-electron chi connectivity index (χ4n) is 0.957. The summed E-state index contributed by atoms with van der Waals surface area (Å²) in [6.07, 6.45) is 2.10. The quantitative estimate of drug-likeness (QED) is 0.419. The molecule has 1 aromatic carbocycles. The first-order chi connectivity index (χ1) is 6.33. The highest BCUT2D eigenvalue weighted by Crippen LogP contribution is 2.01. The molecule has 0 unspecified atom stereocenters. The standard InChI is InChI=1S/C12H13Br/c1-11-6-8-12(9-7-11)5-3-2-4-10-13/h6-9H,2,4,10H2,1H3. The minimum Gasteiger partial charge on any atom is -0.0979 e. The molecular formula is C12H13Br. The number of aryl methyl sites for hydroxylation is 1. The summed E-state index contributed by atoms with van der Waals surface area (Å²) in [6, 6.07) is 8.32. The van der Waals surface area contributed by atoms with Crippen LogP contribution in [0.4, 0.5) is 0 Å². The second-order valence-corrected chi connectivity index (χ2v) is 3.75. The van der Waals surface area contributed by atoms with Crippen molar-refractivity contribution in [3.63, 3.8) is 0 Å². The van der Waals surface area contributed by atoms with Gasteiger partial charge in [0.15, 0.2) is 0 Å². The first kappa shape index (κ1) is 10.3. The molecule has 1 aromatic rings. The Morgan fingerprint density at radius 1 is 1.23 bits per heavy atom. The number of rotatable bonds is 2. The average Bonchev–Trinajstić information content (AvgIpc) is 2.15. The summed E-state index contributed by atoms with van der Waals surface area (Å²) in [5.74, 6) is 6.28. The van der Waals surface area contributed by atoms with Crippen LogP contribution in [0.3, 0.4) is 0 Å². The molecule has 0 radical (unpaired) electrons. The molecule has 0 fully saturated rings. The molecule has 0 N–H and O–H groups in total. The maximum atomic E-state index is 3.38. The molecule has 0 amide bonds. The van der Waals surface area contributed by atoms with Gasteiger partial charge in [0.25, 0.3) is 0 Å². The maximum Gasteiger partial charge on any atom is 0.0245 e. The van der Waals surface area contributed by atoms with Crippen LogP contribution in [0.1, 0.15) is 24.0 Å². The molecule has 1 rings (SSSR count). The maximum absolute atomic E-state index is 3.38. The van der Waals surface area contributed by atoms with Crippen molar-refractivity contribution < 1.29 is 0 Å². The number of benzene rings is 1. The highest BCUT2D eigenvalue weighted by molar-refractivity contribution is 9.09. The smallest absolute Gasteiger partial charge is 0.0245 e. The number of hydrogen-bond acceptors (Lipinski definition) is 0. The molecular weight excluding hydrogens is 224 g/mol. The average molecular weight is 237 g/mol. The summed E-state index contributed by atoms with van der Waals surface area (Å²) in [7, 11) is 0. The molecule has 0 spiro atoms. The third-order valence-corrected chi connectivity index (χ3v) is 2.28. The van der Waals surface area contributed by atoms with E-state index in [2.05, 4.69) is 59.0 Å². The van der Waals surface area contributed by atoms with Gasteiger partial charge in [0.05, 0.1) is 0 Å². The van der Waals surface area contributed by atoms with Crippen LogP contribution in [0.5, 0.6) is 0 Å². The minimum absolute atomic E-state index is 0.971. The van der Waals surface area contributed by atoms with Crippen molar-refractivity contribution in [1.82, 2.24) is 0 Å². The third-order valence-electron chi connectivity index (χ3n) is 1.72. The lowest BCUT2D eigenvalue weighted by molar-refractivity contribution is 1.01. The van der Waals surface area contributed by atoms with E-state index >= 15 is 0 Å². The SMILES string of the molecule is Cc1ccc(C#CCCCBr)cc1. The van der Waals surface area contributed by atoms with Gasteiger partial charge in [-0.05, 0) is 25.5 Å². The van der Waals surface area contributed by atoms with Gasteiger partial charge in [0.1, 0.15) is 0 Å². The van der Waals surface area contributed by atoms with E-state index in [9.17, 15) is 0 Å². The highest BCUT2D eigenvalue weighted by Gasteiger charge is 1.85. The zero-order valence-corrected chi connectivity index (χ0v) is 9.39.